The Kier molecular flexibility index (Phi) is 8.86. The molecule has 0 aliphatic rings. The lowest BCUT2D eigenvalue weighted by molar-refractivity contribution is 0.580. The van der Waals surface area contributed by atoms with Crippen LogP contribution < -0.4 is 15.4 Å². The van der Waals surface area contributed by atoms with Crippen molar-refractivity contribution >= 4 is 40.0 Å². The summed E-state index contributed by atoms with van der Waals surface area (Å²) in [4.78, 5) is 4.35. The van der Waals surface area contributed by atoms with Crippen molar-refractivity contribution in [3.63, 3.8) is 0 Å². The van der Waals surface area contributed by atoms with E-state index in [4.69, 9.17) is 0 Å². The number of aromatic nitrogens is 2. The van der Waals surface area contributed by atoms with Crippen molar-refractivity contribution in [2.45, 2.75) is 11.4 Å². The van der Waals surface area contributed by atoms with E-state index in [1.807, 2.05) is 13.1 Å². The van der Waals surface area contributed by atoms with Gasteiger partial charge in [-0.3, -0.25) is 9.67 Å². The average molecular weight is 478 g/mol. The highest BCUT2D eigenvalue weighted by atomic mass is 127. The Morgan fingerprint density at radius 2 is 1.88 bits per heavy atom. The van der Waals surface area contributed by atoms with Crippen molar-refractivity contribution in [3.05, 3.63) is 48.3 Å². The molecule has 138 valence electrons. The van der Waals surface area contributed by atoms with Crippen LogP contribution in [0.25, 0.3) is 0 Å². The lowest BCUT2D eigenvalue weighted by Crippen LogP contribution is -2.41. The predicted octanol–water partition coefficient (Wildman–Crippen LogP) is 0.682. The first-order chi connectivity index (χ1) is 11.5. The highest BCUT2D eigenvalue weighted by Gasteiger charge is 2.12. The summed E-state index contributed by atoms with van der Waals surface area (Å²) in [6, 6.07) is 10.2. The Balaban J connectivity index is 0.00000312. The molecule has 0 atom stereocenters. The summed E-state index contributed by atoms with van der Waals surface area (Å²) in [6.07, 6.45) is 1.73. The summed E-state index contributed by atoms with van der Waals surface area (Å²) in [5.74, 6) is 0.593. The topological polar surface area (TPSA) is 100 Å². The summed E-state index contributed by atoms with van der Waals surface area (Å²) in [5, 5.41) is 10.3. The Hall–Kier alpha value is -1.66. The van der Waals surface area contributed by atoms with E-state index in [0.717, 1.165) is 5.69 Å². The van der Waals surface area contributed by atoms with Crippen LogP contribution in [0.5, 0.6) is 0 Å². The molecule has 0 unspecified atom stereocenters. The number of hydrogen-bond acceptors (Lipinski definition) is 4. The van der Waals surface area contributed by atoms with Crippen LogP contribution in [-0.4, -0.2) is 44.3 Å². The van der Waals surface area contributed by atoms with Gasteiger partial charge in [0.15, 0.2) is 5.96 Å². The van der Waals surface area contributed by atoms with Gasteiger partial charge in [-0.25, -0.2) is 13.1 Å². The summed E-state index contributed by atoms with van der Waals surface area (Å²) >= 11 is 0. The standard InChI is InChI=1S/C15H22N6O2S.HI/c1-16-15(18-12-13-8-9-19-21(13)2)17-10-11-20-24(22,23)14-6-4-3-5-7-14;/h3-9,20H,10-12H2,1-2H3,(H2,16,17,18);1H. The average Bonchev–Trinajstić information content (AvgIpc) is 3.00. The number of nitrogens with zero attached hydrogens (tertiary/aromatic N) is 3. The quantitative estimate of drug-likeness (QED) is 0.235. The number of hydrogen-bond donors (Lipinski definition) is 3. The summed E-state index contributed by atoms with van der Waals surface area (Å²) < 4.78 is 28.5. The van der Waals surface area contributed by atoms with E-state index in [2.05, 4.69) is 25.4 Å². The summed E-state index contributed by atoms with van der Waals surface area (Å²) in [7, 11) is 0.0459. The van der Waals surface area contributed by atoms with Crippen molar-refractivity contribution in [1.29, 1.82) is 0 Å². The first kappa shape index (κ1) is 21.4. The first-order valence-electron chi connectivity index (χ1n) is 7.49. The highest BCUT2D eigenvalue weighted by Crippen LogP contribution is 2.06. The van der Waals surface area contributed by atoms with Crippen LogP contribution in [-0.2, 0) is 23.6 Å². The predicted molar refractivity (Wildman–Crippen MR) is 108 cm³/mol. The molecule has 0 saturated heterocycles. The van der Waals surface area contributed by atoms with Crippen LogP contribution in [0.3, 0.4) is 0 Å². The third-order valence-corrected chi connectivity index (χ3v) is 4.82. The molecule has 0 fully saturated rings. The fourth-order valence-corrected chi connectivity index (χ4v) is 3.07. The lowest BCUT2D eigenvalue weighted by Gasteiger charge is -2.12. The molecule has 25 heavy (non-hydrogen) atoms. The van der Waals surface area contributed by atoms with E-state index in [9.17, 15) is 8.42 Å². The van der Waals surface area contributed by atoms with Gasteiger partial charge in [0.05, 0.1) is 17.1 Å². The van der Waals surface area contributed by atoms with Crippen molar-refractivity contribution in [2.24, 2.45) is 12.0 Å². The molecule has 1 heterocycles. The van der Waals surface area contributed by atoms with Gasteiger partial charge in [0, 0.05) is 33.4 Å². The fourth-order valence-electron chi connectivity index (χ4n) is 2.02. The normalized spacial score (nSPS) is 11.7. The van der Waals surface area contributed by atoms with Gasteiger partial charge < -0.3 is 10.6 Å². The van der Waals surface area contributed by atoms with Crippen LogP contribution in [0.4, 0.5) is 0 Å². The molecule has 0 aliphatic heterocycles. The minimum absolute atomic E-state index is 0. The molecule has 0 aliphatic carbocycles. The van der Waals surface area contributed by atoms with Crippen LogP contribution in [0.2, 0.25) is 0 Å². The third kappa shape index (κ3) is 6.63. The third-order valence-electron chi connectivity index (χ3n) is 3.35. The van der Waals surface area contributed by atoms with Gasteiger partial charge in [-0.05, 0) is 18.2 Å². The summed E-state index contributed by atoms with van der Waals surface area (Å²) in [6.45, 7) is 1.24. The molecule has 2 rings (SSSR count). The number of nitrogens with one attached hydrogen (secondary N) is 3. The second-order valence-corrected chi connectivity index (χ2v) is 6.78. The minimum atomic E-state index is -3.48. The van der Waals surface area contributed by atoms with Crippen LogP contribution in [0.15, 0.2) is 52.5 Å². The number of guanidine groups is 1. The maximum atomic E-state index is 12.1. The molecular formula is C15H23IN6O2S. The number of sulfonamides is 1. The molecule has 0 radical (unpaired) electrons. The van der Waals surface area contributed by atoms with Gasteiger partial charge in [-0.1, -0.05) is 18.2 Å². The second-order valence-electron chi connectivity index (χ2n) is 5.01. The van der Waals surface area contributed by atoms with Crippen LogP contribution >= 0.6 is 24.0 Å². The molecular weight excluding hydrogens is 455 g/mol. The Bertz CT molecular complexity index is 776. The van der Waals surface area contributed by atoms with Gasteiger partial charge in [-0.2, -0.15) is 5.10 Å². The van der Waals surface area contributed by atoms with E-state index < -0.39 is 10.0 Å². The molecule has 1 aromatic heterocycles. The Labute approximate surface area is 165 Å². The zero-order valence-electron chi connectivity index (χ0n) is 14.1. The number of benzene rings is 1. The molecule has 3 N–H and O–H groups in total. The van der Waals surface area contributed by atoms with Gasteiger partial charge in [0.1, 0.15) is 0 Å². The lowest BCUT2D eigenvalue weighted by atomic mass is 10.4. The van der Waals surface area contributed by atoms with Gasteiger partial charge >= 0.3 is 0 Å². The zero-order valence-corrected chi connectivity index (χ0v) is 17.3. The van der Waals surface area contributed by atoms with E-state index in [0.29, 0.717) is 19.0 Å². The number of aryl methyl sites for hydroxylation is 1. The molecule has 2 aromatic rings. The van der Waals surface area contributed by atoms with Crippen molar-refractivity contribution in [1.82, 2.24) is 25.1 Å². The smallest absolute Gasteiger partial charge is 0.240 e. The van der Waals surface area contributed by atoms with E-state index in [-0.39, 0.29) is 35.4 Å². The van der Waals surface area contributed by atoms with Gasteiger partial charge in [0.2, 0.25) is 10.0 Å². The molecule has 0 bridgehead atoms. The molecule has 0 amide bonds. The molecule has 1 aromatic carbocycles. The SMILES string of the molecule is CN=C(NCCNS(=O)(=O)c1ccccc1)NCc1ccnn1C.I. The van der Waals surface area contributed by atoms with Crippen molar-refractivity contribution in [2.75, 3.05) is 20.1 Å². The molecule has 0 spiro atoms. The zero-order chi connectivity index (χ0) is 17.4. The molecule has 10 heteroatoms. The maximum absolute atomic E-state index is 12.1. The second kappa shape index (κ2) is 10.4. The summed E-state index contributed by atoms with van der Waals surface area (Å²) in [5.41, 5.74) is 1.02. The van der Waals surface area contributed by atoms with Gasteiger partial charge in [0.25, 0.3) is 0 Å². The largest absolute Gasteiger partial charge is 0.355 e. The number of rotatable bonds is 7. The minimum Gasteiger partial charge on any atom is -0.355 e. The number of aliphatic imine (C=N–C) groups is 1. The Morgan fingerprint density at radius 3 is 2.48 bits per heavy atom. The monoisotopic (exact) mass is 478 g/mol. The maximum Gasteiger partial charge on any atom is 0.240 e. The molecule has 8 nitrogen and oxygen atoms in total. The number of halogens is 1. The van der Waals surface area contributed by atoms with Crippen molar-refractivity contribution < 1.29 is 8.42 Å². The van der Waals surface area contributed by atoms with E-state index in [1.165, 1.54) is 0 Å². The molecule has 0 saturated carbocycles. The highest BCUT2D eigenvalue weighted by molar-refractivity contribution is 14.0. The fraction of sp³-hybridized carbons (Fsp3) is 0.333. The van der Waals surface area contributed by atoms with Gasteiger partial charge in [-0.15, -0.1) is 24.0 Å². The first-order valence-corrected chi connectivity index (χ1v) is 8.97. The van der Waals surface area contributed by atoms with Crippen molar-refractivity contribution in [3.8, 4) is 0 Å². The van der Waals surface area contributed by atoms with E-state index in [1.54, 1.807) is 48.3 Å². The van der Waals surface area contributed by atoms with E-state index >= 15 is 0 Å². The Morgan fingerprint density at radius 1 is 1.16 bits per heavy atom. The van der Waals surface area contributed by atoms with Crippen LogP contribution in [0.1, 0.15) is 5.69 Å². The van der Waals surface area contributed by atoms with Crippen LogP contribution in [0, 0.1) is 0 Å².